The molecule has 0 aliphatic carbocycles. The van der Waals surface area contributed by atoms with E-state index in [2.05, 4.69) is 5.32 Å². The zero-order chi connectivity index (χ0) is 13.5. The van der Waals surface area contributed by atoms with Crippen molar-refractivity contribution in [1.82, 2.24) is 0 Å². The van der Waals surface area contributed by atoms with Gasteiger partial charge in [-0.15, -0.1) is 0 Å². The number of nitrogens with one attached hydrogen (secondary N) is 1. The predicted molar refractivity (Wildman–Crippen MR) is 64.9 cm³/mol. The lowest BCUT2D eigenvalue weighted by atomic mass is 10.1. The third-order valence-corrected chi connectivity index (χ3v) is 2.34. The highest BCUT2D eigenvalue weighted by molar-refractivity contribution is 5.95. The second kappa shape index (κ2) is 6.55. The molecule has 0 aliphatic rings. The van der Waals surface area contributed by atoms with Crippen molar-refractivity contribution in [3.05, 3.63) is 33.9 Å². The second-order valence-corrected chi connectivity index (χ2v) is 3.65. The number of nitrogens with zero attached hydrogens (tertiary/aromatic N) is 1. The normalized spacial score (nSPS) is 10.1. The zero-order valence-corrected chi connectivity index (χ0v) is 9.63. The van der Waals surface area contributed by atoms with Gasteiger partial charge < -0.3 is 15.5 Å². The lowest BCUT2D eigenvalue weighted by Crippen LogP contribution is -2.08. The summed E-state index contributed by atoms with van der Waals surface area (Å²) in [5.41, 5.74) is -0.0486. The minimum atomic E-state index is -1.22. The fraction of sp³-hybridized carbons (Fsp3) is 0.364. The van der Waals surface area contributed by atoms with Gasteiger partial charge in [0.05, 0.1) is 10.5 Å². The van der Waals surface area contributed by atoms with Gasteiger partial charge in [-0.05, 0) is 18.9 Å². The van der Waals surface area contributed by atoms with E-state index in [0.29, 0.717) is 25.1 Å². The summed E-state index contributed by atoms with van der Waals surface area (Å²) >= 11 is 0. The number of hydrogen-bond acceptors (Lipinski definition) is 5. The number of carboxylic acids is 1. The molecule has 7 heteroatoms. The van der Waals surface area contributed by atoms with Crippen LogP contribution in [0.5, 0.6) is 0 Å². The molecule has 0 atom stereocenters. The molecule has 0 bridgehead atoms. The van der Waals surface area contributed by atoms with Crippen molar-refractivity contribution in [2.75, 3.05) is 18.5 Å². The average Bonchev–Trinajstić information content (AvgIpc) is 2.34. The van der Waals surface area contributed by atoms with Crippen molar-refractivity contribution in [2.24, 2.45) is 0 Å². The number of aliphatic hydroxyl groups is 1. The number of aromatic carboxylic acids is 1. The molecule has 0 unspecified atom stereocenters. The van der Waals surface area contributed by atoms with Crippen LogP contribution in [0.3, 0.4) is 0 Å². The Morgan fingerprint density at radius 2 is 2.11 bits per heavy atom. The van der Waals surface area contributed by atoms with Gasteiger partial charge in [-0.2, -0.15) is 0 Å². The first-order chi connectivity index (χ1) is 8.56. The molecule has 0 spiro atoms. The fourth-order valence-corrected chi connectivity index (χ4v) is 1.44. The Labute approximate surface area is 103 Å². The predicted octanol–water partition coefficient (Wildman–Crippen LogP) is 1.48. The number of carbonyl (C=O) groups is 1. The van der Waals surface area contributed by atoms with Gasteiger partial charge in [0.2, 0.25) is 0 Å². The minimum Gasteiger partial charge on any atom is -0.478 e. The molecule has 1 aromatic rings. The molecule has 1 aromatic carbocycles. The van der Waals surface area contributed by atoms with Gasteiger partial charge in [-0.3, -0.25) is 10.1 Å². The van der Waals surface area contributed by atoms with Crippen LogP contribution in [0.2, 0.25) is 0 Å². The number of non-ortho nitro benzene ring substituents is 1. The highest BCUT2D eigenvalue weighted by Crippen LogP contribution is 2.22. The van der Waals surface area contributed by atoms with Crippen molar-refractivity contribution >= 4 is 17.3 Å². The van der Waals surface area contributed by atoms with Gasteiger partial charge in [0, 0.05) is 31.0 Å². The smallest absolute Gasteiger partial charge is 0.338 e. The van der Waals surface area contributed by atoms with Crippen LogP contribution in [0.1, 0.15) is 23.2 Å². The van der Waals surface area contributed by atoms with Crippen LogP contribution < -0.4 is 5.32 Å². The van der Waals surface area contributed by atoms with Gasteiger partial charge in [0.15, 0.2) is 0 Å². The summed E-state index contributed by atoms with van der Waals surface area (Å²) in [4.78, 5) is 20.9. The van der Waals surface area contributed by atoms with Gasteiger partial charge in [-0.25, -0.2) is 4.79 Å². The summed E-state index contributed by atoms with van der Waals surface area (Å²) in [6.45, 7) is 0.576. The monoisotopic (exact) mass is 254 g/mol. The third kappa shape index (κ3) is 3.70. The Morgan fingerprint density at radius 1 is 1.39 bits per heavy atom. The molecule has 0 fully saturated rings. The van der Waals surface area contributed by atoms with Gasteiger partial charge in [0.1, 0.15) is 0 Å². The standard InChI is InChI=1S/C11H14N2O5/c14-6-2-1-5-12-10-4-3-8(13(17)18)7-9(10)11(15)16/h3-4,7,12,14H,1-2,5-6H2,(H,15,16). The molecule has 3 N–H and O–H groups in total. The van der Waals surface area contributed by atoms with Crippen molar-refractivity contribution in [1.29, 1.82) is 0 Å². The average molecular weight is 254 g/mol. The Hall–Kier alpha value is -2.15. The van der Waals surface area contributed by atoms with Crippen molar-refractivity contribution < 1.29 is 19.9 Å². The Bertz CT molecular complexity index is 447. The van der Waals surface area contributed by atoms with Crippen molar-refractivity contribution in [2.45, 2.75) is 12.8 Å². The Morgan fingerprint density at radius 3 is 2.67 bits per heavy atom. The Kier molecular flexibility index (Phi) is 5.06. The molecular formula is C11H14N2O5. The maximum absolute atomic E-state index is 11.0. The molecule has 0 saturated carbocycles. The summed E-state index contributed by atoms with van der Waals surface area (Å²) in [5, 5.41) is 31.0. The van der Waals surface area contributed by atoms with E-state index >= 15 is 0 Å². The third-order valence-electron chi connectivity index (χ3n) is 2.34. The summed E-state index contributed by atoms with van der Waals surface area (Å²) < 4.78 is 0. The molecule has 0 heterocycles. The second-order valence-electron chi connectivity index (χ2n) is 3.65. The number of carboxylic acid groups (broad SMARTS) is 1. The minimum absolute atomic E-state index is 0.0771. The summed E-state index contributed by atoms with van der Waals surface area (Å²) in [7, 11) is 0. The zero-order valence-electron chi connectivity index (χ0n) is 9.63. The van der Waals surface area contributed by atoms with Crippen LogP contribution in [0.25, 0.3) is 0 Å². The SMILES string of the molecule is O=C(O)c1cc([N+](=O)[O-])ccc1NCCCCO. The van der Waals surface area contributed by atoms with Crippen LogP contribution in [0.15, 0.2) is 18.2 Å². The lowest BCUT2D eigenvalue weighted by molar-refractivity contribution is -0.384. The molecule has 18 heavy (non-hydrogen) atoms. The highest BCUT2D eigenvalue weighted by atomic mass is 16.6. The topological polar surface area (TPSA) is 113 Å². The van der Waals surface area contributed by atoms with Gasteiger partial charge in [0.25, 0.3) is 5.69 Å². The van der Waals surface area contributed by atoms with E-state index in [4.69, 9.17) is 10.2 Å². The lowest BCUT2D eigenvalue weighted by Gasteiger charge is -2.08. The first kappa shape index (κ1) is 13.9. The maximum Gasteiger partial charge on any atom is 0.338 e. The maximum atomic E-state index is 11.0. The van der Waals surface area contributed by atoms with Crippen molar-refractivity contribution in [3.8, 4) is 0 Å². The number of benzene rings is 1. The number of aliphatic hydroxyl groups excluding tert-OH is 1. The van der Waals surface area contributed by atoms with Crippen molar-refractivity contribution in [3.63, 3.8) is 0 Å². The molecule has 7 nitrogen and oxygen atoms in total. The molecule has 98 valence electrons. The largest absolute Gasteiger partial charge is 0.478 e. The van der Waals surface area contributed by atoms with E-state index in [9.17, 15) is 14.9 Å². The van der Waals surface area contributed by atoms with Gasteiger partial charge in [-0.1, -0.05) is 0 Å². The molecule has 0 aliphatic heterocycles. The van der Waals surface area contributed by atoms with Crippen LogP contribution in [-0.2, 0) is 0 Å². The molecule has 0 amide bonds. The molecule has 0 aromatic heterocycles. The number of unbranched alkanes of at least 4 members (excludes halogenated alkanes) is 1. The molecule has 0 saturated heterocycles. The number of nitro benzene ring substituents is 1. The van der Waals surface area contributed by atoms with Crippen LogP contribution in [0, 0.1) is 10.1 Å². The number of nitro groups is 1. The summed E-state index contributed by atoms with van der Waals surface area (Å²) in [6, 6.07) is 3.65. The summed E-state index contributed by atoms with van der Waals surface area (Å²) in [6.07, 6.45) is 1.30. The summed E-state index contributed by atoms with van der Waals surface area (Å²) in [5.74, 6) is -1.22. The number of hydrogen-bond donors (Lipinski definition) is 3. The van der Waals surface area contributed by atoms with E-state index in [1.807, 2.05) is 0 Å². The highest BCUT2D eigenvalue weighted by Gasteiger charge is 2.15. The van der Waals surface area contributed by atoms with E-state index in [-0.39, 0.29) is 17.9 Å². The number of rotatable bonds is 7. The van der Waals surface area contributed by atoms with Crippen LogP contribution in [-0.4, -0.2) is 34.3 Å². The quantitative estimate of drug-likeness (QED) is 0.386. The van der Waals surface area contributed by atoms with E-state index < -0.39 is 10.9 Å². The van der Waals surface area contributed by atoms with Crippen LogP contribution in [0.4, 0.5) is 11.4 Å². The van der Waals surface area contributed by atoms with Crippen LogP contribution >= 0.6 is 0 Å². The van der Waals surface area contributed by atoms with E-state index in [1.165, 1.54) is 12.1 Å². The van der Waals surface area contributed by atoms with E-state index in [1.54, 1.807) is 0 Å². The molecular weight excluding hydrogens is 240 g/mol. The first-order valence-electron chi connectivity index (χ1n) is 5.42. The first-order valence-corrected chi connectivity index (χ1v) is 5.42. The van der Waals surface area contributed by atoms with E-state index in [0.717, 1.165) is 6.07 Å². The molecule has 1 rings (SSSR count). The van der Waals surface area contributed by atoms with Gasteiger partial charge >= 0.3 is 5.97 Å². The number of anilines is 1. The fourth-order valence-electron chi connectivity index (χ4n) is 1.44. The molecule has 0 radical (unpaired) electrons. The Balaban J connectivity index is 2.83.